The Morgan fingerprint density at radius 3 is 2.67 bits per heavy atom. The number of H-pyrrole nitrogens is 1. The van der Waals surface area contributed by atoms with Crippen LogP contribution < -0.4 is 5.73 Å². The topological polar surface area (TPSA) is 65.4 Å². The molecule has 2 heterocycles. The van der Waals surface area contributed by atoms with E-state index in [1.54, 1.807) is 0 Å². The van der Waals surface area contributed by atoms with Gasteiger partial charge in [-0.2, -0.15) is 0 Å². The summed E-state index contributed by atoms with van der Waals surface area (Å²) in [7, 11) is 4.20. The van der Waals surface area contributed by atoms with Crippen molar-refractivity contribution in [2.24, 2.45) is 0 Å². The Bertz CT molecular complexity index is 653. The van der Waals surface area contributed by atoms with Crippen LogP contribution >= 0.6 is 0 Å². The standard InChI is InChI=1S/C16H22N4O/c1-19(2)13-5-7-20(8-6-13)16(21)15-10-11-9-12(17)3-4-14(11)18-15/h3-4,9-10,13,18H,5-8,17H2,1-2H3. The third-order valence-corrected chi connectivity index (χ3v) is 4.36. The number of anilines is 1. The van der Waals surface area contributed by atoms with E-state index in [9.17, 15) is 4.79 Å². The summed E-state index contributed by atoms with van der Waals surface area (Å²) in [5, 5.41) is 0.988. The predicted octanol–water partition coefficient (Wildman–Crippen LogP) is 1.92. The summed E-state index contributed by atoms with van der Waals surface area (Å²) in [5.74, 6) is 0.0852. The number of nitrogen functional groups attached to an aromatic ring is 1. The number of aromatic amines is 1. The van der Waals surface area contributed by atoms with Crippen molar-refractivity contribution in [1.29, 1.82) is 0 Å². The molecule has 5 heteroatoms. The van der Waals surface area contributed by atoms with Crippen LogP contribution in [0.25, 0.3) is 10.9 Å². The average molecular weight is 286 g/mol. The predicted molar refractivity (Wildman–Crippen MR) is 85.3 cm³/mol. The molecular formula is C16H22N4O. The quantitative estimate of drug-likeness (QED) is 0.829. The van der Waals surface area contributed by atoms with Crippen molar-refractivity contribution in [3.05, 3.63) is 30.0 Å². The SMILES string of the molecule is CN(C)C1CCN(C(=O)c2cc3cc(N)ccc3[nH]2)CC1. The van der Waals surface area contributed by atoms with Crippen molar-refractivity contribution >= 4 is 22.5 Å². The molecule has 0 saturated carbocycles. The molecular weight excluding hydrogens is 264 g/mol. The Balaban J connectivity index is 1.75. The number of fused-ring (bicyclic) bond motifs is 1. The molecule has 1 aliphatic rings. The smallest absolute Gasteiger partial charge is 0.270 e. The fourth-order valence-electron chi connectivity index (χ4n) is 3.02. The van der Waals surface area contributed by atoms with Crippen molar-refractivity contribution in [2.75, 3.05) is 32.9 Å². The number of hydrogen-bond donors (Lipinski definition) is 2. The van der Waals surface area contributed by atoms with Gasteiger partial charge in [0.05, 0.1) is 0 Å². The monoisotopic (exact) mass is 286 g/mol. The maximum absolute atomic E-state index is 12.6. The van der Waals surface area contributed by atoms with E-state index in [4.69, 9.17) is 5.73 Å². The number of aromatic nitrogens is 1. The molecule has 1 saturated heterocycles. The minimum absolute atomic E-state index is 0.0852. The number of piperidine rings is 1. The summed E-state index contributed by atoms with van der Waals surface area (Å²) in [6, 6.07) is 8.12. The van der Waals surface area contributed by atoms with Crippen LogP contribution in [-0.4, -0.2) is 53.9 Å². The van der Waals surface area contributed by atoms with E-state index in [1.165, 1.54) is 0 Å². The number of nitrogens with two attached hydrogens (primary N) is 1. The number of nitrogens with one attached hydrogen (secondary N) is 1. The van der Waals surface area contributed by atoms with Gasteiger partial charge in [0, 0.05) is 35.7 Å². The van der Waals surface area contributed by atoms with Gasteiger partial charge in [0.2, 0.25) is 0 Å². The minimum Gasteiger partial charge on any atom is -0.399 e. The lowest BCUT2D eigenvalue weighted by Gasteiger charge is -2.35. The summed E-state index contributed by atoms with van der Waals surface area (Å²) < 4.78 is 0. The summed E-state index contributed by atoms with van der Waals surface area (Å²) in [6.45, 7) is 1.64. The van der Waals surface area contributed by atoms with Gasteiger partial charge in [0.25, 0.3) is 5.91 Å². The first-order valence-electron chi connectivity index (χ1n) is 7.38. The van der Waals surface area contributed by atoms with Gasteiger partial charge in [-0.15, -0.1) is 0 Å². The number of likely N-dealkylation sites (tertiary alicyclic amines) is 1. The molecule has 0 radical (unpaired) electrons. The first-order valence-corrected chi connectivity index (χ1v) is 7.38. The molecule has 1 aromatic carbocycles. The maximum atomic E-state index is 12.6. The second-order valence-electron chi connectivity index (χ2n) is 6.02. The Kier molecular flexibility index (Phi) is 3.59. The van der Waals surface area contributed by atoms with Gasteiger partial charge in [-0.3, -0.25) is 4.79 Å². The third-order valence-electron chi connectivity index (χ3n) is 4.36. The highest BCUT2D eigenvalue weighted by molar-refractivity contribution is 5.98. The fourth-order valence-corrected chi connectivity index (χ4v) is 3.02. The molecule has 5 nitrogen and oxygen atoms in total. The normalized spacial score (nSPS) is 16.8. The van der Waals surface area contributed by atoms with Crippen molar-refractivity contribution in [3.8, 4) is 0 Å². The van der Waals surface area contributed by atoms with Gasteiger partial charge in [-0.25, -0.2) is 0 Å². The minimum atomic E-state index is 0.0852. The van der Waals surface area contributed by atoms with E-state index in [1.807, 2.05) is 29.2 Å². The fraction of sp³-hybridized carbons (Fsp3) is 0.438. The summed E-state index contributed by atoms with van der Waals surface area (Å²) in [4.78, 5) is 20.0. The van der Waals surface area contributed by atoms with Crippen molar-refractivity contribution < 1.29 is 4.79 Å². The van der Waals surface area contributed by atoms with Crippen LogP contribution in [0, 0.1) is 0 Å². The maximum Gasteiger partial charge on any atom is 0.270 e. The van der Waals surface area contributed by atoms with Gasteiger partial charge in [-0.1, -0.05) is 0 Å². The molecule has 0 spiro atoms. The van der Waals surface area contributed by atoms with Crippen molar-refractivity contribution in [3.63, 3.8) is 0 Å². The Labute approximate surface area is 124 Å². The van der Waals surface area contributed by atoms with E-state index in [-0.39, 0.29) is 5.91 Å². The van der Waals surface area contributed by atoms with Crippen molar-refractivity contribution in [1.82, 2.24) is 14.8 Å². The number of benzene rings is 1. The Hall–Kier alpha value is -2.01. The molecule has 3 N–H and O–H groups in total. The Morgan fingerprint density at radius 2 is 2.00 bits per heavy atom. The lowest BCUT2D eigenvalue weighted by Crippen LogP contribution is -2.44. The van der Waals surface area contributed by atoms with Crippen molar-refractivity contribution in [2.45, 2.75) is 18.9 Å². The number of rotatable bonds is 2. The van der Waals surface area contributed by atoms with Gasteiger partial charge in [-0.05, 0) is 51.2 Å². The van der Waals surface area contributed by atoms with Gasteiger partial charge >= 0.3 is 0 Å². The molecule has 112 valence electrons. The largest absolute Gasteiger partial charge is 0.399 e. The second-order valence-corrected chi connectivity index (χ2v) is 6.02. The summed E-state index contributed by atoms with van der Waals surface area (Å²) in [5.41, 5.74) is 8.10. The lowest BCUT2D eigenvalue weighted by molar-refractivity contribution is 0.0658. The molecule has 0 atom stereocenters. The van der Waals surface area contributed by atoms with Gasteiger partial charge in [0.15, 0.2) is 0 Å². The van der Waals surface area contributed by atoms with Gasteiger partial charge in [0.1, 0.15) is 5.69 Å². The van der Waals surface area contributed by atoms with Crippen LogP contribution in [0.5, 0.6) is 0 Å². The molecule has 0 aliphatic carbocycles. The zero-order valence-corrected chi connectivity index (χ0v) is 12.6. The van der Waals surface area contributed by atoms with Crippen LogP contribution in [-0.2, 0) is 0 Å². The van der Waals surface area contributed by atoms with Gasteiger partial charge < -0.3 is 20.5 Å². The average Bonchev–Trinajstić information content (AvgIpc) is 2.89. The molecule has 1 aliphatic heterocycles. The number of nitrogens with zero attached hydrogens (tertiary/aromatic N) is 2. The highest BCUT2D eigenvalue weighted by Crippen LogP contribution is 2.21. The van der Waals surface area contributed by atoms with E-state index >= 15 is 0 Å². The van der Waals surface area contributed by atoms with Crippen LogP contribution in [0.15, 0.2) is 24.3 Å². The van der Waals surface area contributed by atoms with Crippen LogP contribution in [0.2, 0.25) is 0 Å². The first kappa shape index (κ1) is 13.9. The highest BCUT2D eigenvalue weighted by atomic mass is 16.2. The molecule has 21 heavy (non-hydrogen) atoms. The number of amides is 1. The highest BCUT2D eigenvalue weighted by Gasteiger charge is 2.25. The zero-order valence-electron chi connectivity index (χ0n) is 12.6. The molecule has 1 amide bonds. The van der Waals surface area contributed by atoms with Crippen LogP contribution in [0.4, 0.5) is 5.69 Å². The molecule has 2 aromatic rings. The molecule has 0 bridgehead atoms. The van der Waals surface area contributed by atoms with E-state index in [0.717, 1.165) is 36.8 Å². The first-order chi connectivity index (χ1) is 10.0. The molecule has 0 unspecified atom stereocenters. The molecule has 1 aromatic heterocycles. The number of carbonyl (C=O) groups is 1. The van der Waals surface area contributed by atoms with Crippen LogP contribution in [0.3, 0.4) is 0 Å². The zero-order chi connectivity index (χ0) is 15.0. The molecule has 3 rings (SSSR count). The molecule has 1 fully saturated rings. The van der Waals surface area contributed by atoms with E-state index in [0.29, 0.717) is 17.4 Å². The van der Waals surface area contributed by atoms with Crippen LogP contribution in [0.1, 0.15) is 23.3 Å². The second kappa shape index (κ2) is 5.41. The lowest BCUT2D eigenvalue weighted by atomic mass is 10.0. The van der Waals surface area contributed by atoms with E-state index in [2.05, 4.69) is 24.0 Å². The third kappa shape index (κ3) is 2.74. The summed E-state index contributed by atoms with van der Waals surface area (Å²) >= 11 is 0. The Morgan fingerprint density at radius 1 is 1.29 bits per heavy atom. The number of carbonyl (C=O) groups excluding carboxylic acids is 1. The summed E-state index contributed by atoms with van der Waals surface area (Å²) in [6.07, 6.45) is 2.07. The van der Waals surface area contributed by atoms with E-state index < -0.39 is 0 Å². The number of hydrogen-bond acceptors (Lipinski definition) is 3.